The first-order valence-corrected chi connectivity index (χ1v) is 9.28. The molecule has 0 saturated heterocycles. The predicted molar refractivity (Wildman–Crippen MR) is 105 cm³/mol. The molecule has 0 N–H and O–H groups in total. The van der Waals surface area contributed by atoms with Crippen molar-refractivity contribution >= 4 is 0 Å². The highest BCUT2D eigenvalue weighted by Gasteiger charge is 2.48. The predicted octanol–water partition coefficient (Wildman–Crippen LogP) is 7.49. The summed E-state index contributed by atoms with van der Waals surface area (Å²) in [6.45, 7) is 26.4. The first kappa shape index (κ1) is 20.0. The minimum absolute atomic E-state index is 0.176. The van der Waals surface area contributed by atoms with E-state index >= 15 is 0 Å². The van der Waals surface area contributed by atoms with Gasteiger partial charge in [0.05, 0.1) is 0 Å². The minimum Gasteiger partial charge on any atom is -0.130 e. The standard InChI is InChI=1S/C23H38/c1-10-14-22(6,7)16-18(4)19(5)23(8,9)21-15-20(21)13-12-17(3)11-2/h20-21H,2,4-5,10,12-16H2,1,3,6-9H3. The van der Waals surface area contributed by atoms with Crippen molar-refractivity contribution in [2.24, 2.45) is 22.7 Å². The number of hydrogen-bond acceptors (Lipinski definition) is 0. The van der Waals surface area contributed by atoms with Crippen LogP contribution in [0.1, 0.15) is 80.1 Å². The Balaban J connectivity index is 2.61. The van der Waals surface area contributed by atoms with Crippen LogP contribution in [0, 0.1) is 22.7 Å². The van der Waals surface area contributed by atoms with Crippen molar-refractivity contribution in [3.05, 3.63) is 42.2 Å². The van der Waals surface area contributed by atoms with E-state index in [2.05, 4.69) is 67.0 Å². The fourth-order valence-electron chi connectivity index (χ4n) is 4.07. The Labute approximate surface area is 145 Å². The van der Waals surface area contributed by atoms with E-state index in [0.29, 0.717) is 5.41 Å². The summed E-state index contributed by atoms with van der Waals surface area (Å²) in [7, 11) is 0. The largest absolute Gasteiger partial charge is 0.130 e. The van der Waals surface area contributed by atoms with E-state index in [1.165, 1.54) is 42.4 Å². The van der Waals surface area contributed by atoms with Crippen LogP contribution in [0.25, 0.3) is 0 Å². The lowest BCUT2D eigenvalue weighted by Crippen LogP contribution is -2.22. The van der Waals surface area contributed by atoms with Crippen molar-refractivity contribution in [1.82, 2.24) is 0 Å². The number of allylic oxidation sites excluding steroid dienone is 3. The molecule has 0 heteroatoms. The third-order valence-electron chi connectivity index (χ3n) is 5.86. The zero-order valence-electron chi connectivity index (χ0n) is 16.5. The molecule has 1 aliphatic carbocycles. The molecular formula is C23H38. The van der Waals surface area contributed by atoms with Gasteiger partial charge in [-0.05, 0) is 72.8 Å². The van der Waals surface area contributed by atoms with Crippen LogP contribution in [0.3, 0.4) is 0 Å². The minimum atomic E-state index is 0.176. The Hall–Kier alpha value is -1.00. The zero-order chi connectivity index (χ0) is 17.8. The SMILES string of the molecule is C=C=C(C)CCC1CC1C(C)(C)C(=C)C(=C)CC(C)(C)CCC. The van der Waals surface area contributed by atoms with Gasteiger partial charge < -0.3 is 0 Å². The highest BCUT2D eigenvalue weighted by molar-refractivity contribution is 5.34. The molecule has 0 radical (unpaired) electrons. The summed E-state index contributed by atoms with van der Waals surface area (Å²) in [5, 5.41) is 0. The molecular weight excluding hydrogens is 276 g/mol. The highest BCUT2D eigenvalue weighted by Crippen LogP contribution is 2.57. The number of hydrogen-bond donors (Lipinski definition) is 0. The quantitative estimate of drug-likeness (QED) is 0.289. The summed E-state index contributed by atoms with van der Waals surface area (Å²) in [5.74, 6) is 1.60. The van der Waals surface area contributed by atoms with E-state index in [1.54, 1.807) is 0 Å². The summed E-state index contributed by atoms with van der Waals surface area (Å²) in [4.78, 5) is 0. The summed E-state index contributed by atoms with van der Waals surface area (Å²) >= 11 is 0. The molecule has 1 fully saturated rings. The van der Waals surface area contributed by atoms with E-state index in [4.69, 9.17) is 0 Å². The average molecular weight is 315 g/mol. The second kappa shape index (κ2) is 7.71. The summed E-state index contributed by atoms with van der Waals surface area (Å²) in [6.07, 6.45) is 7.29. The Morgan fingerprint density at radius 3 is 2.30 bits per heavy atom. The van der Waals surface area contributed by atoms with Crippen LogP contribution in [0.4, 0.5) is 0 Å². The molecule has 0 spiro atoms. The Kier molecular flexibility index (Phi) is 6.72. The lowest BCUT2D eigenvalue weighted by Gasteiger charge is -2.33. The van der Waals surface area contributed by atoms with Gasteiger partial charge in [-0.15, -0.1) is 5.73 Å². The molecule has 0 heterocycles. The molecule has 130 valence electrons. The second-order valence-electron chi connectivity index (χ2n) is 8.99. The highest BCUT2D eigenvalue weighted by atomic mass is 14.5. The Morgan fingerprint density at radius 1 is 1.17 bits per heavy atom. The molecule has 0 aromatic carbocycles. The van der Waals surface area contributed by atoms with Gasteiger partial charge in [0, 0.05) is 0 Å². The molecule has 1 aliphatic rings. The summed E-state index contributed by atoms with van der Waals surface area (Å²) in [5.41, 5.74) is 7.36. The Morgan fingerprint density at radius 2 is 1.78 bits per heavy atom. The van der Waals surface area contributed by atoms with Crippen molar-refractivity contribution in [1.29, 1.82) is 0 Å². The zero-order valence-corrected chi connectivity index (χ0v) is 16.5. The molecule has 0 amide bonds. The van der Waals surface area contributed by atoms with Crippen molar-refractivity contribution in [3.63, 3.8) is 0 Å². The van der Waals surface area contributed by atoms with Crippen molar-refractivity contribution in [2.75, 3.05) is 0 Å². The van der Waals surface area contributed by atoms with Crippen LogP contribution >= 0.6 is 0 Å². The first-order chi connectivity index (χ1) is 10.5. The molecule has 0 bridgehead atoms. The van der Waals surface area contributed by atoms with Crippen LogP contribution in [0.5, 0.6) is 0 Å². The molecule has 0 aromatic rings. The van der Waals surface area contributed by atoms with Crippen molar-refractivity contribution < 1.29 is 0 Å². The van der Waals surface area contributed by atoms with Gasteiger partial charge in [-0.2, -0.15) is 0 Å². The van der Waals surface area contributed by atoms with Gasteiger partial charge in [-0.1, -0.05) is 66.3 Å². The monoisotopic (exact) mass is 314 g/mol. The van der Waals surface area contributed by atoms with Gasteiger partial charge in [0.25, 0.3) is 0 Å². The maximum atomic E-state index is 4.45. The third-order valence-corrected chi connectivity index (χ3v) is 5.86. The van der Waals surface area contributed by atoms with Gasteiger partial charge >= 0.3 is 0 Å². The molecule has 2 atom stereocenters. The Bertz CT molecular complexity index is 494. The van der Waals surface area contributed by atoms with Crippen LogP contribution in [-0.4, -0.2) is 0 Å². The lowest BCUT2D eigenvalue weighted by atomic mass is 9.72. The normalized spacial score (nSPS) is 20.8. The lowest BCUT2D eigenvalue weighted by molar-refractivity contribution is 0.314. The second-order valence-corrected chi connectivity index (χ2v) is 8.99. The van der Waals surface area contributed by atoms with Gasteiger partial charge in [0.15, 0.2) is 0 Å². The van der Waals surface area contributed by atoms with Gasteiger partial charge in [-0.25, -0.2) is 0 Å². The van der Waals surface area contributed by atoms with E-state index in [1.807, 2.05) is 0 Å². The maximum Gasteiger partial charge on any atom is -0.00759 e. The molecule has 0 nitrogen and oxygen atoms in total. The topological polar surface area (TPSA) is 0 Å². The van der Waals surface area contributed by atoms with Gasteiger partial charge in [0.2, 0.25) is 0 Å². The molecule has 0 aromatic heterocycles. The van der Waals surface area contributed by atoms with E-state index in [-0.39, 0.29) is 5.41 Å². The summed E-state index contributed by atoms with van der Waals surface area (Å²) in [6, 6.07) is 0. The molecule has 23 heavy (non-hydrogen) atoms. The first-order valence-electron chi connectivity index (χ1n) is 9.28. The van der Waals surface area contributed by atoms with Crippen LogP contribution in [-0.2, 0) is 0 Å². The van der Waals surface area contributed by atoms with E-state index < -0.39 is 0 Å². The van der Waals surface area contributed by atoms with Crippen LogP contribution in [0.15, 0.2) is 42.2 Å². The van der Waals surface area contributed by atoms with Crippen LogP contribution < -0.4 is 0 Å². The number of rotatable bonds is 10. The fourth-order valence-corrected chi connectivity index (χ4v) is 4.07. The third kappa shape index (κ3) is 5.54. The average Bonchev–Trinajstić information content (AvgIpc) is 3.23. The molecule has 1 saturated carbocycles. The van der Waals surface area contributed by atoms with Gasteiger partial charge in [-0.3, -0.25) is 0 Å². The van der Waals surface area contributed by atoms with E-state index in [9.17, 15) is 0 Å². The smallest absolute Gasteiger partial charge is 0.00759 e. The molecule has 0 aliphatic heterocycles. The maximum absolute atomic E-state index is 4.45. The van der Waals surface area contributed by atoms with Gasteiger partial charge in [0.1, 0.15) is 0 Å². The van der Waals surface area contributed by atoms with Crippen molar-refractivity contribution in [2.45, 2.75) is 80.1 Å². The molecule has 2 unspecified atom stereocenters. The van der Waals surface area contributed by atoms with E-state index in [0.717, 1.165) is 24.7 Å². The fraction of sp³-hybridized carbons (Fsp3) is 0.696. The van der Waals surface area contributed by atoms with Crippen molar-refractivity contribution in [3.8, 4) is 0 Å². The summed E-state index contributed by atoms with van der Waals surface area (Å²) < 4.78 is 0. The van der Waals surface area contributed by atoms with Crippen LogP contribution in [0.2, 0.25) is 0 Å². The molecule has 1 rings (SSSR count).